The van der Waals surface area contributed by atoms with Gasteiger partial charge in [0, 0.05) is 108 Å². The summed E-state index contributed by atoms with van der Waals surface area (Å²) in [4.78, 5) is 63.0. The zero-order chi connectivity index (χ0) is 75.8. The lowest BCUT2D eigenvalue weighted by Crippen LogP contribution is -2.27. The molecule has 0 bridgehead atoms. The number of esters is 6. The van der Waals surface area contributed by atoms with E-state index in [0.29, 0.717) is 38.1 Å². The van der Waals surface area contributed by atoms with Crippen LogP contribution in [0.2, 0.25) is 0 Å². The number of hydrogen-bond acceptors (Lipinski definition) is 20. The minimum Gasteiger partial charge on any atom is -0.463 e. The zero-order valence-corrected chi connectivity index (χ0v) is 67.6. The summed E-state index contributed by atoms with van der Waals surface area (Å²) >= 11 is 0. The number of ether oxygens (including phenoxy) is 14. The first-order valence-corrected chi connectivity index (χ1v) is 36.1. The molecule has 0 aliphatic heterocycles. The van der Waals surface area contributed by atoms with Crippen molar-refractivity contribution in [3.63, 3.8) is 0 Å². The second kappa shape index (κ2) is 108. The molecule has 2 unspecified atom stereocenters. The molecule has 20 nitrogen and oxygen atoms in total. The molecule has 0 saturated heterocycles. The fraction of sp³-hybridized carbons (Fsp3) is 0.919. The van der Waals surface area contributed by atoms with Crippen molar-refractivity contribution in [1.82, 2.24) is 0 Å². The van der Waals surface area contributed by atoms with Gasteiger partial charge < -0.3 is 66.3 Å². The van der Waals surface area contributed by atoms with Crippen molar-refractivity contribution in [2.24, 2.45) is 11.8 Å². The van der Waals surface area contributed by atoms with Crippen LogP contribution in [-0.4, -0.2) is 178 Å². The topological polar surface area (TPSA) is 232 Å². The van der Waals surface area contributed by atoms with E-state index in [4.69, 9.17) is 66.3 Å². The summed E-state index contributed by atoms with van der Waals surface area (Å²) in [7, 11) is 0. The Labute approximate surface area is 581 Å². The molecule has 0 aromatic carbocycles. The summed E-state index contributed by atoms with van der Waals surface area (Å²) in [6.45, 7) is 70.4. The van der Waals surface area contributed by atoms with E-state index in [-0.39, 0.29) is 93.8 Å². The molecule has 0 aliphatic carbocycles. The third-order valence-electron chi connectivity index (χ3n) is 10.6. The van der Waals surface area contributed by atoms with Crippen LogP contribution < -0.4 is 0 Å². The average Bonchev–Trinajstić information content (AvgIpc) is 3.35. The summed E-state index contributed by atoms with van der Waals surface area (Å²) in [6.07, 6.45) is 14.7. The molecule has 0 radical (unpaired) electrons. The van der Waals surface area contributed by atoms with Crippen molar-refractivity contribution in [3.8, 4) is 0 Å². The van der Waals surface area contributed by atoms with E-state index in [1.807, 2.05) is 55.4 Å². The molecule has 0 aromatic heterocycles. The average molecular weight is 1370 g/mol. The van der Waals surface area contributed by atoms with Gasteiger partial charge >= 0.3 is 35.8 Å². The molecule has 576 valence electrons. The first kappa shape index (κ1) is 118. The lowest BCUT2D eigenvalue weighted by atomic mass is 10.1. The maximum atomic E-state index is 10.5. The molecule has 20 heteroatoms. The van der Waals surface area contributed by atoms with Gasteiger partial charge in [0.1, 0.15) is 58.0 Å². The molecule has 0 aromatic rings. The van der Waals surface area contributed by atoms with E-state index in [1.54, 1.807) is 0 Å². The van der Waals surface area contributed by atoms with E-state index < -0.39 is 0 Å². The highest BCUT2D eigenvalue weighted by Crippen LogP contribution is 2.04. The van der Waals surface area contributed by atoms with Gasteiger partial charge in [-0.25, -0.2) is 0 Å². The molecule has 2 atom stereocenters. The number of carbonyl (C=O) groups excluding carboxylic acids is 6. The highest BCUT2D eigenvalue weighted by atomic mass is 16.6. The maximum Gasteiger partial charge on any atom is 0.302 e. The van der Waals surface area contributed by atoms with Crippen LogP contribution in [0.3, 0.4) is 0 Å². The molecule has 0 saturated carbocycles. The maximum absolute atomic E-state index is 10.5. The predicted molar refractivity (Wildman–Crippen MR) is 390 cm³/mol. The Hall–Kier alpha value is -3.50. The lowest BCUT2D eigenvalue weighted by Gasteiger charge is -2.15. The predicted octanol–water partition coefficient (Wildman–Crippen LogP) is 18.0. The Morgan fingerprint density at radius 1 is 0.213 bits per heavy atom. The van der Waals surface area contributed by atoms with Gasteiger partial charge in [0.15, 0.2) is 0 Å². The van der Waals surface area contributed by atoms with Crippen LogP contribution in [0, 0.1) is 11.8 Å². The van der Waals surface area contributed by atoms with Gasteiger partial charge in [-0.3, -0.25) is 28.8 Å². The molecule has 0 aliphatic rings. The molecule has 94 heavy (non-hydrogen) atoms. The molecule has 0 fully saturated rings. The smallest absolute Gasteiger partial charge is 0.302 e. The van der Waals surface area contributed by atoms with E-state index in [9.17, 15) is 28.8 Å². The number of hydrogen-bond donors (Lipinski definition) is 0. The van der Waals surface area contributed by atoms with Crippen LogP contribution in [0.5, 0.6) is 0 Å². The molecule has 0 spiro atoms. The van der Waals surface area contributed by atoms with Crippen molar-refractivity contribution in [3.05, 3.63) is 0 Å². The zero-order valence-electron chi connectivity index (χ0n) is 67.6. The third kappa shape index (κ3) is 144. The first-order chi connectivity index (χ1) is 44.5. The van der Waals surface area contributed by atoms with Gasteiger partial charge in [-0.2, -0.15) is 0 Å². The van der Waals surface area contributed by atoms with Crippen LogP contribution in [0.4, 0.5) is 0 Å². The van der Waals surface area contributed by atoms with Gasteiger partial charge in [0.25, 0.3) is 0 Å². The molecule has 0 heterocycles. The van der Waals surface area contributed by atoms with Crippen LogP contribution in [0.15, 0.2) is 0 Å². The van der Waals surface area contributed by atoms with E-state index >= 15 is 0 Å². The van der Waals surface area contributed by atoms with Crippen LogP contribution >= 0.6 is 0 Å². The van der Waals surface area contributed by atoms with Gasteiger partial charge in [0.2, 0.25) is 0 Å². The largest absolute Gasteiger partial charge is 0.463 e. The van der Waals surface area contributed by atoms with Crippen molar-refractivity contribution < 1.29 is 95.1 Å². The Balaban J connectivity index is -0.0000000806. The van der Waals surface area contributed by atoms with Crippen LogP contribution in [0.25, 0.3) is 0 Å². The normalized spacial score (nSPS) is 10.3. The minimum absolute atomic E-state index is 0.108. The molecule has 0 rings (SSSR count). The fourth-order valence-corrected chi connectivity index (χ4v) is 5.56. The van der Waals surface area contributed by atoms with Crippen molar-refractivity contribution in [1.29, 1.82) is 0 Å². The summed E-state index contributed by atoms with van der Waals surface area (Å²) in [5.41, 5.74) is 0. The van der Waals surface area contributed by atoms with E-state index in [1.165, 1.54) is 80.1 Å². The highest BCUT2D eigenvalue weighted by Gasteiger charge is 2.14. The third-order valence-corrected chi connectivity index (χ3v) is 10.6. The lowest BCUT2D eigenvalue weighted by molar-refractivity contribution is -0.153. The Morgan fingerprint density at radius 3 is 0.436 bits per heavy atom. The van der Waals surface area contributed by atoms with Crippen molar-refractivity contribution >= 4 is 35.8 Å². The van der Waals surface area contributed by atoms with Crippen molar-refractivity contribution in [2.75, 3.05) is 106 Å². The molecular formula is C74H160O20. The van der Waals surface area contributed by atoms with Gasteiger partial charge in [-0.05, 0) is 106 Å². The minimum atomic E-state index is -0.382. The standard InChI is InChI=1S/3C9H16O5.5C7H16O.4C3H8/c3*1-4-12-9(5-13-7(2)10)6-14-8(3)11;2*1-4-7(3)6-8-5-2;3*1-4-7(5-2)8-6-3;4*1-3-2/h3*9H,4-6H2,1-3H3;5*7H,4-6H2,1-3H3;4*3H2,1-2H3. The highest BCUT2D eigenvalue weighted by molar-refractivity contribution is 5.67. The second-order valence-electron chi connectivity index (χ2n) is 20.9. The summed E-state index contributed by atoms with van der Waals surface area (Å²) < 4.78 is 70.4. The van der Waals surface area contributed by atoms with Gasteiger partial charge in [-0.15, -0.1) is 0 Å². The summed E-state index contributed by atoms with van der Waals surface area (Å²) in [5, 5.41) is 0. The Bertz CT molecular complexity index is 1190. The second-order valence-corrected chi connectivity index (χ2v) is 20.9. The summed E-state index contributed by atoms with van der Waals surface area (Å²) in [5.74, 6) is -0.801. The first-order valence-electron chi connectivity index (χ1n) is 36.1. The molecular weight excluding hydrogens is 1210 g/mol. The van der Waals surface area contributed by atoms with Crippen molar-refractivity contribution in [2.45, 2.75) is 335 Å². The Morgan fingerprint density at radius 2 is 0.351 bits per heavy atom. The summed E-state index contributed by atoms with van der Waals surface area (Å²) in [6, 6.07) is 0. The van der Waals surface area contributed by atoms with Gasteiger partial charge in [0.05, 0.1) is 18.3 Å². The monoisotopic (exact) mass is 1370 g/mol. The van der Waals surface area contributed by atoms with E-state index in [2.05, 4.69) is 125 Å². The van der Waals surface area contributed by atoms with Gasteiger partial charge in [-0.1, -0.05) is 163 Å². The SMILES string of the molecule is CCC.CCC.CCC.CCC.CCOC(CC)CC.CCOC(CC)CC.CCOC(CC)CC.CCOC(COC(C)=O)COC(C)=O.CCOC(COC(C)=O)COC(C)=O.CCOC(COC(C)=O)COC(C)=O.CCOCC(C)CC.CCOCC(C)CC. The Kier molecular flexibility index (Phi) is 135. The number of rotatable bonds is 38. The van der Waals surface area contributed by atoms with Crippen LogP contribution in [-0.2, 0) is 95.1 Å². The van der Waals surface area contributed by atoms with Crippen LogP contribution in [0.1, 0.15) is 299 Å². The quantitative estimate of drug-likeness (QED) is 0.0413. The molecule has 0 amide bonds. The number of carbonyl (C=O) groups is 6. The fourth-order valence-electron chi connectivity index (χ4n) is 5.56. The molecule has 0 N–H and O–H groups in total. The van der Waals surface area contributed by atoms with E-state index in [0.717, 1.165) is 96.6 Å².